The van der Waals surface area contributed by atoms with Gasteiger partial charge in [-0.2, -0.15) is 0 Å². The van der Waals surface area contributed by atoms with Gasteiger partial charge in [0.05, 0.1) is 36.5 Å². The Morgan fingerprint density at radius 3 is 1.54 bits per heavy atom. The SMILES string of the molecule is C=CCO[C@H]1O[C@H](CO[C@@H]2O[C@H](CO)[C@@H](O)[C@H](O)[C@H]2O)[C@@H](OC(=O)c2ccccc2)[C@H](OC(=O)c2ccccc2)[C@H]1OC(=O)c1ccccc1. The third-order valence-electron chi connectivity index (χ3n) is 8.00. The van der Waals surface area contributed by atoms with Gasteiger partial charge >= 0.3 is 17.9 Å². The van der Waals surface area contributed by atoms with E-state index in [9.17, 15) is 34.8 Å². The predicted octanol–water partition coefficient (Wildman–Crippen LogP) is 1.41. The van der Waals surface area contributed by atoms with Crippen molar-refractivity contribution in [2.75, 3.05) is 19.8 Å². The number of aliphatic hydroxyl groups is 4. The van der Waals surface area contributed by atoms with Gasteiger partial charge in [-0.25, -0.2) is 14.4 Å². The van der Waals surface area contributed by atoms with Crippen LogP contribution in [-0.4, -0.2) is 120 Å². The molecule has 14 heteroatoms. The van der Waals surface area contributed by atoms with E-state index in [-0.39, 0.29) is 23.3 Å². The Hall–Kier alpha value is -4.51. The van der Waals surface area contributed by atoms with Crippen LogP contribution in [0, 0.1) is 0 Å². The summed E-state index contributed by atoms with van der Waals surface area (Å²) < 4.78 is 41.1. The Balaban J connectivity index is 1.52. The number of carbonyl (C=O) groups is 3. The fraction of sp³-hybridized carbons (Fsp3) is 0.361. The van der Waals surface area contributed by atoms with Gasteiger partial charge in [0.25, 0.3) is 0 Å². The fourth-order valence-corrected chi connectivity index (χ4v) is 5.40. The molecule has 3 aromatic rings. The van der Waals surface area contributed by atoms with E-state index in [0.29, 0.717) is 0 Å². The molecule has 2 saturated heterocycles. The highest BCUT2D eigenvalue weighted by atomic mass is 16.7. The number of benzene rings is 3. The molecule has 2 aliphatic rings. The molecule has 0 unspecified atom stereocenters. The van der Waals surface area contributed by atoms with E-state index in [1.54, 1.807) is 54.6 Å². The third-order valence-corrected chi connectivity index (χ3v) is 8.00. The summed E-state index contributed by atoms with van der Waals surface area (Å²) in [5, 5.41) is 40.7. The van der Waals surface area contributed by atoms with Crippen LogP contribution in [0.2, 0.25) is 0 Å². The second-order valence-electron chi connectivity index (χ2n) is 11.4. The molecule has 4 N–H and O–H groups in total. The van der Waals surface area contributed by atoms with Crippen LogP contribution >= 0.6 is 0 Å². The molecule has 0 aromatic heterocycles. The maximum absolute atomic E-state index is 13.6. The predicted molar refractivity (Wildman–Crippen MR) is 171 cm³/mol. The number of hydrogen-bond acceptors (Lipinski definition) is 14. The molecule has 14 nitrogen and oxygen atoms in total. The van der Waals surface area contributed by atoms with Crippen LogP contribution in [0.4, 0.5) is 0 Å². The van der Waals surface area contributed by atoms with Crippen LogP contribution in [0.1, 0.15) is 31.1 Å². The van der Waals surface area contributed by atoms with Crippen molar-refractivity contribution in [2.45, 2.75) is 61.4 Å². The molecule has 10 atom stereocenters. The Labute approximate surface area is 287 Å². The Morgan fingerprint density at radius 2 is 1.06 bits per heavy atom. The summed E-state index contributed by atoms with van der Waals surface area (Å²) >= 11 is 0. The summed E-state index contributed by atoms with van der Waals surface area (Å²) in [5.74, 6) is -2.53. The maximum Gasteiger partial charge on any atom is 0.338 e. The molecule has 2 heterocycles. The number of ether oxygens (including phenoxy) is 7. The lowest BCUT2D eigenvalue weighted by atomic mass is 9.97. The first-order chi connectivity index (χ1) is 24.2. The zero-order chi connectivity index (χ0) is 35.6. The van der Waals surface area contributed by atoms with E-state index < -0.39 is 92.5 Å². The first-order valence-corrected chi connectivity index (χ1v) is 15.8. The number of carbonyl (C=O) groups excluding carboxylic acids is 3. The number of esters is 3. The van der Waals surface area contributed by atoms with Gasteiger partial charge in [0.1, 0.15) is 30.5 Å². The highest BCUT2D eigenvalue weighted by Gasteiger charge is 2.54. The number of hydrogen-bond donors (Lipinski definition) is 4. The molecular formula is C36H38O14. The second kappa shape index (κ2) is 17.4. The number of aliphatic hydroxyl groups excluding tert-OH is 4. The molecule has 266 valence electrons. The zero-order valence-electron chi connectivity index (χ0n) is 26.7. The van der Waals surface area contributed by atoms with Gasteiger partial charge in [-0.1, -0.05) is 60.7 Å². The molecule has 5 rings (SSSR count). The van der Waals surface area contributed by atoms with Crippen LogP contribution in [0.5, 0.6) is 0 Å². The molecule has 0 radical (unpaired) electrons. The van der Waals surface area contributed by atoms with Gasteiger partial charge in [-0.15, -0.1) is 6.58 Å². The van der Waals surface area contributed by atoms with Crippen LogP contribution in [0.25, 0.3) is 0 Å². The third kappa shape index (κ3) is 8.79. The van der Waals surface area contributed by atoms with Crippen molar-refractivity contribution in [1.82, 2.24) is 0 Å². The monoisotopic (exact) mass is 694 g/mol. The first kappa shape index (κ1) is 36.8. The highest BCUT2D eigenvalue weighted by molar-refractivity contribution is 5.91. The summed E-state index contributed by atoms with van der Waals surface area (Å²) in [4.78, 5) is 40.5. The van der Waals surface area contributed by atoms with Crippen LogP contribution in [0.3, 0.4) is 0 Å². The van der Waals surface area contributed by atoms with Gasteiger partial charge in [-0.3, -0.25) is 0 Å². The largest absolute Gasteiger partial charge is 0.452 e. The Kier molecular flexibility index (Phi) is 12.8. The van der Waals surface area contributed by atoms with Gasteiger partial charge < -0.3 is 53.6 Å². The molecule has 2 fully saturated rings. The van der Waals surface area contributed by atoms with Crippen molar-refractivity contribution >= 4 is 17.9 Å². The molecular weight excluding hydrogens is 656 g/mol. The summed E-state index contributed by atoms with van der Waals surface area (Å²) in [6, 6.07) is 23.9. The zero-order valence-corrected chi connectivity index (χ0v) is 26.7. The molecule has 50 heavy (non-hydrogen) atoms. The van der Waals surface area contributed by atoms with Crippen LogP contribution in [0.15, 0.2) is 104 Å². The summed E-state index contributed by atoms with van der Waals surface area (Å²) in [7, 11) is 0. The first-order valence-electron chi connectivity index (χ1n) is 15.8. The minimum atomic E-state index is -1.76. The van der Waals surface area contributed by atoms with Crippen LogP contribution < -0.4 is 0 Å². The molecule has 0 amide bonds. The topological polar surface area (TPSA) is 197 Å². The second-order valence-corrected chi connectivity index (χ2v) is 11.4. The Morgan fingerprint density at radius 1 is 0.600 bits per heavy atom. The smallest absolute Gasteiger partial charge is 0.338 e. The minimum Gasteiger partial charge on any atom is -0.452 e. The Bertz CT molecular complexity index is 1550. The van der Waals surface area contributed by atoms with Gasteiger partial charge in [0.15, 0.2) is 30.9 Å². The lowest BCUT2D eigenvalue weighted by Crippen LogP contribution is -2.64. The van der Waals surface area contributed by atoms with E-state index in [2.05, 4.69) is 6.58 Å². The lowest BCUT2D eigenvalue weighted by Gasteiger charge is -2.45. The van der Waals surface area contributed by atoms with Crippen molar-refractivity contribution in [3.63, 3.8) is 0 Å². The highest BCUT2D eigenvalue weighted by Crippen LogP contribution is 2.32. The van der Waals surface area contributed by atoms with E-state index in [1.165, 1.54) is 42.5 Å². The summed E-state index contributed by atoms with van der Waals surface area (Å²) in [6.07, 6.45) is -14.1. The van der Waals surface area contributed by atoms with Crippen molar-refractivity contribution in [2.24, 2.45) is 0 Å². The average Bonchev–Trinajstić information content (AvgIpc) is 3.15. The normalized spacial score (nSPS) is 29.4. The van der Waals surface area contributed by atoms with Gasteiger partial charge in [0, 0.05) is 0 Å². The van der Waals surface area contributed by atoms with Gasteiger partial charge in [0.2, 0.25) is 0 Å². The van der Waals surface area contributed by atoms with Crippen molar-refractivity contribution in [1.29, 1.82) is 0 Å². The minimum absolute atomic E-state index is 0.113. The average molecular weight is 695 g/mol. The van der Waals surface area contributed by atoms with E-state index in [1.807, 2.05) is 0 Å². The molecule has 0 saturated carbocycles. The quantitative estimate of drug-likeness (QED) is 0.114. The maximum atomic E-state index is 13.6. The fourth-order valence-electron chi connectivity index (χ4n) is 5.40. The molecule has 3 aromatic carbocycles. The van der Waals surface area contributed by atoms with E-state index in [4.69, 9.17) is 33.2 Å². The summed E-state index contributed by atoms with van der Waals surface area (Å²) in [6.45, 7) is 2.28. The van der Waals surface area contributed by atoms with Crippen LogP contribution in [-0.2, 0) is 33.2 Å². The molecule has 2 aliphatic heterocycles. The number of rotatable bonds is 13. The van der Waals surface area contributed by atoms with E-state index in [0.717, 1.165) is 0 Å². The standard InChI is InChI=1S/C36H38O14/c1-2-18-44-36-31(50-34(43)23-16-10-5-11-17-23)30(49-33(42)22-14-8-4-9-15-22)29(48-32(41)21-12-6-3-7-13-21)25(47-36)20-45-35-28(40)27(39)26(38)24(19-37)46-35/h2-17,24-31,35-40H,1,18-20H2/t24-,25-,26-,27+,28-,29-,30+,31-,35-,36+/m1/s1. The molecule has 0 aliphatic carbocycles. The summed E-state index contributed by atoms with van der Waals surface area (Å²) in [5.41, 5.74) is 0.434. The van der Waals surface area contributed by atoms with E-state index >= 15 is 0 Å². The van der Waals surface area contributed by atoms with Crippen molar-refractivity contribution in [3.8, 4) is 0 Å². The van der Waals surface area contributed by atoms with Crippen molar-refractivity contribution < 1.29 is 68.0 Å². The molecule has 0 bridgehead atoms. The van der Waals surface area contributed by atoms with Gasteiger partial charge in [-0.05, 0) is 36.4 Å². The van der Waals surface area contributed by atoms with Crippen molar-refractivity contribution in [3.05, 3.63) is 120 Å². The molecule has 0 spiro atoms. The lowest BCUT2D eigenvalue weighted by molar-refractivity contribution is -0.328.